The van der Waals surface area contributed by atoms with Gasteiger partial charge in [0.25, 0.3) is 11.3 Å². The Morgan fingerprint density at radius 2 is 1.50 bits per heavy atom. The molecule has 1 unspecified atom stereocenters. The summed E-state index contributed by atoms with van der Waals surface area (Å²) < 4.78 is 20.0. The van der Waals surface area contributed by atoms with Gasteiger partial charge in [-0.25, -0.2) is 0 Å². The molecule has 0 radical (unpaired) electrons. The van der Waals surface area contributed by atoms with Crippen molar-refractivity contribution in [2.45, 2.75) is 13.5 Å². The average Bonchev–Trinajstić information content (AvgIpc) is 2.62. The molecule has 1 heterocycles. The highest BCUT2D eigenvalue weighted by atomic mass is 32.2. The van der Waals surface area contributed by atoms with Crippen LogP contribution in [0.15, 0.2) is 66.7 Å². The summed E-state index contributed by atoms with van der Waals surface area (Å²) in [6.45, 7) is 2.64. The second kappa shape index (κ2) is 6.23. The highest BCUT2D eigenvalue weighted by Gasteiger charge is 2.19. The molecule has 0 aromatic heterocycles. The van der Waals surface area contributed by atoms with E-state index in [0.29, 0.717) is 12.3 Å². The molecule has 1 atom stereocenters. The SMILES string of the molecule is Cc1ccc(-c2ccc(-c3cccc4c3OS(=O)NC4)cc2)cc1. The Labute approximate surface area is 144 Å². The van der Waals surface area contributed by atoms with Gasteiger partial charge >= 0.3 is 0 Å². The van der Waals surface area contributed by atoms with Gasteiger partial charge in [0.1, 0.15) is 0 Å². The molecule has 0 amide bonds. The Bertz CT molecular complexity index is 902. The van der Waals surface area contributed by atoms with Gasteiger partial charge in [0.2, 0.25) is 0 Å². The van der Waals surface area contributed by atoms with Crippen LogP contribution in [0.4, 0.5) is 0 Å². The largest absolute Gasteiger partial charge is 0.388 e. The number of aryl methyl sites for hydroxylation is 1. The van der Waals surface area contributed by atoms with Gasteiger partial charge in [-0.3, -0.25) is 0 Å². The third-order valence-electron chi connectivity index (χ3n) is 4.22. The highest BCUT2D eigenvalue weighted by molar-refractivity contribution is 7.78. The van der Waals surface area contributed by atoms with Crippen molar-refractivity contribution in [1.29, 1.82) is 0 Å². The van der Waals surface area contributed by atoms with E-state index in [1.165, 1.54) is 16.7 Å². The van der Waals surface area contributed by atoms with Gasteiger partial charge in [-0.2, -0.15) is 8.93 Å². The summed E-state index contributed by atoms with van der Waals surface area (Å²) in [6, 6.07) is 22.9. The molecule has 4 heteroatoms. The number of fused-ring (bicyclic) bond motifs is 1. The van der Waals surface area contributed by atoms with Gasteiger partial charge in [-0.15, -0.1) is 0 Å². The van der Waals surface area contributed by atoms with E-state index in [2.05, 4.69) is 60.2 Å². The number of nitrogens with one attached hydrogen (secondary N) is 1. The maximum Gasteiger partial charge on any atom is 0.288 e. The third-order valence-corrected chi connectivity index (χ3v) is 4.91. The van der Waals surface area contributed by atoms with Crippen LogP contribution >= 0.6 is 0 Å². The quantitative estimate of drug-likeness (QED) is 0.754. The van der Waals surface area contributed by atoms with E-state index in [0.717, 1.165) is 16.7 Å². The van der Waals surface area contributed by atoms with Crippen molar-refractivity contribution in [3.8, 4) is 28.0 Å². The molecule has 1 aliphatic rings. The van der Waals surface area contributed by atoms with Crippen molar-refractivity contribution in [1.82, 2.24) is 4.72 Å². The molecule has 1 aliphatic heterocycles. The lowest BCUT2D eigenvalue weighted by Gasteiger charge is -2.19. The minimum atomic E-state index is -1.47. The van der Waals surface area contributed by atoms with E-state index in [4.69, 9.17) is 4.18 Å². The van der Waals surface area contributed by atoms with Crippen LogP contribution in [0.2, 0.25) is 0 Å². The maximum absolute atomic E-state index is 11.7. The van der Waals surface area contributed by atoms with E-state index in [1.807, 2.05) is 18.2 Å². The van der Waals surface area contributed by atoms with Gasteiger partial charge < -0.3 is 4.18 Å². The summed E-state index contributed by atoms with van der Waals surface area (Å²) in [5.74, 6) is 0.706. The van der Waals surface area contributed by atoms with E-state index < -0.39 is 11.3 Å². The van der Waals surface area contributed by atoms with Crippen molar-refractivity contribution in [2.24, 2.45) is 0 Å². The van der Waals surface area contributed by atoms with E-state index in [1.54, 1.807) is 0 Å². The summed E-state index contributed by atoms with van der Waals surface area (Å²) in [5.41, 5.74) is 6.68. The average molecular weight is 335 g/mol. The van der Waals surface area contributed by atoms with Crippen LogP contribution in [-0.2, 0) is 17.8 Å². The number of benzene rings is 3. The van der Waals surface area contributed by atoms with Crippen LogP contribution < -0.4 is 8.91 Å². The molecule has 1 N–H and O–H groups in total. The fraction of sp³-hybridized carbons (Fsp3) is 0.100. The molecule has 0 spiro atoms. The third kappa shape index (κ3) is 2.86. The molecule has 0 aliphatic carbocycles. The molecule has 0 saturated heterocycles. The predicted molar refractivity (Wildman–Crippen MR) is 97.7 cm³/mol. The van der Waals surface area contributed by atoms with Gasteiger partial charge in [0, 0.05) is 17.7 Å². The second-order valence-electron chi connectivity index (χ2n) is 5.88. The molecular weight excluding hydrogens is 318 g/mol. The van der Waals surface area contributed by atoms with Crippen molar-refractivity contribution in [2.75, 3.05) is 0 Å². The number of hydrogen-bond donors (Lipinski definition) is 1. The van der Waals surface area contributed by atoms with Gasteiger partial charge in [-0.05, 0) is 23.6 Å². The highest BCUT2D eigenvalue weighted by Crippen LogP contribution is 2.36. The van der Waals surface area contributed by atoms with Crippen LogP contribution in [0.3, 0.4) is 0 Å². The molecule has 0 bridgehead atoms. The first-order valence-corrected chi connectivity index (χ1v) is 8.91. The van der Waals surface area contributed by atoms with Crippen molar-refractivity contribution in [3.63, 3.8) is 0 Å². The normalized spacial score (nSPS) is 16.3. The summed E-state index contributed by atoms with van der Waals surface area (Å²) >= 11 is -1.47. The van der Waals surface area contributed by atoms with Crippen LogP contribution in [-0.4, -0.2) is 4.21 Å². The standard InChI is InChI=1S/C20H17NO2S/c1-14-5-7-15(8-6-14)16-9-11-17(12-10-16)19-4-2-3-18-13-21-24(22)23-20(18)19/h2-12,21H,13H2,1H3. The summed E-state index contributed by atoms with van der Waals surface area (Å²) in [5, 5.41) is 0. The van der Waals surface area contributed by atoms with Crippen LogP contribution in [0.25, 0.3) is 22.3 Å². The van der Waals surface area contributed by atoms with Crippen molar-refractivity contribution >= 4 is 11.3 Å². The first-order valence-electron chi connectivity index (χ1n) is 7.84. The topological polar surface area (TPSA) is 38.3 Å². The zero-order chi connectivity index (χ0) is 16.5. The lowest BCUT2D eigenvalue weighted by Crippen LogP contribution is -2.26. The predicted octanol–water partition coefficient (Wildman–Crippen LogP) is 4.39. The minimum Gasteiger partial charge on any atom is -0.388 e. The van der Waals surface area contributed by atoms with Gasteiger partial charge in [0.05, 0.1) is 0 Å². The van der Waals surface area contributed by atoms with Gasteiger partial charge in [0.15, 0.2) is 5.75 Å². The first-order chi connectivity index (χ1) is 11.7. The summed E-state index contributed by atoms with van der Waals surface area (Å²) in [6.07, 6.45) is 0. The maximum atomic E-state index is 11.7. The molecule has 3 nitrogen and oxygen atoms in total. The fourth-order valence-electron chi connectivity index (χ4n) is 2.88. The Morgan fingerprint density at radius 1 is 0.875 bits per heavy atom. The van der Waals surface area contributed by atoms with Crippen LogP contribution in [0, 0.1) is 6.92 Å². The summed E-state index contributed by atoms with van der Waals surface area (Å²) in [7, 11) is 0. The lowest BCUT2D eigenvalue weighted by atomic mass is 9.98. The smallest absolute Gasteiger partial charge is 0.288 e. The zero-order valence-electron chi connectivity index (χ0n) is 13.3. The van der Waals surface area contributed by atoms with Crippen molar-refractivity contribution < 1.29 is 8.39 Å². The number of rotatable bonds is 2. The Balaban J connectivity index is 1.71. The van der Waals surface area contributed by atoms with Crippen molar-refractivity contribution in [3.05, 3.63) is 77.9 Å². The monoisotopic (exact) mass is 335 g/mol. The number of para-hydroxylation sites is 1. The second-order valence-corrected chi connectivity index (χ2v) is 6.80. The van der Waals surface area contributed by atoms with Crippen LogP contribution in [0.1, 0.15) is 11.1 Å². The molecule has 0 saturated carbocycles. The molecule has 3 aromatic carbocycles. The molecule has 120 valence electrons. The Morgan fingerprint density at radius 3 is 2.21 bits per heavy atom. The fourth-order valence-corrected chi connectivity index (χ4v) is 3.56. The van der Waals surface area contributed by atoms with Crippen LogP contribution in [0.5, 0.6) is 5.75 Å². The minimum absolute atomic E-state index is 0.553. The molecule has 4 rings (SSSR count). The van der Waals surface area contributed by atoms with E-state index in [9.17, 15) is 4.21 Å². The first kappa shape index (κ1) is 15.1. The molecule has 0 fully saturated rings. The summed E-state index contributed by atoms with van der Waals surface area (Å²) in [4.78, 5) is 0. The lowest BCUT2D eigenvalue weighted by molar-refractivity contribution is 0.525. The zero-order valence-corrected chi connectivity index (χ0v) is 14.1. The Hall–Kier alpha value is -2.43. The molecule has 3 aromatic rings. The molecular formula is C20H17NO2S. The van der Waals surface area contributed by atoms with Gasteiger partial charge in [-0.1, -0.05) is 72.3 Å². The van der Waals surface area contributed by atoms with E-state index >= 15 is 0 Å². The Kier molecular flexibility index (Phi) is 3.92. The van der Waals surface area contributed by atoms with E-state index in [-0.39, 0.29) is 0 Å². The molecule has 24 heavy (non-hydrogen) atoms. The number of hydrogen-bond acceptors (Lipinski definition) is 2.